The second-order valence-electron chi connectivity index (χ2n) is 6.67. The van der Waals surface area contributed by atoms with E-state index in [1.54, 1.807) is 0 Å². The predicted octanol–water partition coefficient (Wildman–Crippen LogP) is 6.05. The molecule has 3 nitrogen and oxygen atoms in total. The van der Waals surface area contributed by atoms with Crippen LogP contribution in [-0.2, 0) is 10.1 Å². The second kappa shape index (κ2) is 17.1. The van der Waals surface area contributed by atoms with E-state index in [9.17, 15) is 8.42 Å². The highest BCUT2D eigenvalue weighted by molar-refractivity contribution is 7.85. The summed E-state index contributed by atoms with van der Waals surface area (Å²) in [6.07, 6.45) is 20.0. The summed E-state index contributed by atoms with van der Waals surface area (Å²) in [7, 11) is -3.75. The lowest BCUT2D eigenvalue weighted by Crippen LogP contribution is -2.03. The molecule has 0 rings (SSSR count). The average molecular weight is 367 g/mol. The molecule has 0 fully saturated rings. The Labute approximate surface area is 150 Å². The molecule has 140 valence electrons. The summed E-state index contributed by atoms with van der Waals surface area (Å²) in [5.41, 5.74) is 0. The van der Waals surface area contributed by atoms with Gasteiger partial charge in [0.2, 0.25) is 0 Å². The van der Waals surface area contributed by atoms with Crippen LogP contribution in [-0.4, -0.2) is 24.5 Å². The van der Waals surface area contributed by atoms with Gasteiger partial charge in [-0.1, -0.05) is 89.9 Å². The van der Waals surface area contributed by atoms with Gasteiger partial charge in [-0.2, -0.15) is 21.0 Å². The Morgan fingerprint density at radius 1 is 0.522 bits per heavy atom. The molecule has 23 heavy (non-hydrogen) atoms. The molecule has 1 N–H and O–H groups in total. The molecule has 0 heterocycles. The molecule has 0 radical (unpaired) electrons. The van der Waals surface area contributed by atoms with E-state index >= 15 is 0 Å². The molecule has 0 amide bonds. The van der Waals surface area contributed by atoms with Gasteiger partial charge in [0, 0.05) is 0 Å². The first-order valence-corrected chi connectivity index (χ1v) is 11.9. The summed E-state index contributed by atoms with van der Waals surface area (Å²) in [4.78, 5) is 0. The molecule has 0 aromatic rings. The topological polar surface area (TPSA) is 54.4 Å². The van der Waals surface area contributed by atoms with E-state index < -0.39 is 10.1 Å². The highest BCUT2D eigenvalue weighted by atomic mass is 32.2. The fourth-order valence-corrected chi connectivity index (χ4v) is 3.66. The van der Waals surface area contributed by atoms with E-state index in [2.05, 4.69) is 12.6 Å². The molecule has 0 atom stereocenters. The van der Waals surface area contributed by atoms with Crippen LogP contribution in [0.4, 0.5) is 0 Å². The Kier molecular flexibility index (Phi) is 17.3. The van der Waals surface area contributed by atoms with Crippen LogP contribution in [0.15, 0.2) is 0 Å². The standard InChI is InChI=1S/C18H38O3S2/c19-23(20,21)18-16-14-12-10-8-6-4-2-1-3-5-7-9-11-13-15-17-22/h22H,1-18H2,(H,19,20,21). The van der Waals surface area contributed by atoms with E-state index in [1.165, 1.54) is 83.5 Å². The van der Waals surface area contributed by atoms with Crippen molar-refractivity contribution < 1.29 is 13.0 Å². The lowest BCUT2D eigenvalue weighted by Gasteiger charge is -2.03. The molecule has 0 saturated carbocycles. The van der Waals surface area contributed by atoms with E-state index in [0.717, 1.165) is 18.6 Å². The minimum absolute atomic E-state index is 0.0812. The third-order valence-corrected chi connectivity index (χ3v) is 5.43. The van der Waals surface area contributed by atoms with Crippen molar-refractivity contribution in [1.29, 1.82) is 0 Å². The first-order chi connectivity index (χ1) is 11.1. The van der Waals surface area contributed by atoms with Crippen LogP contribution in [0, 0.1) is 0 Å². The van der Waals surface area contributed by atoms with Crippen LogP contribution < -0.4 is 0 Å². The third kappa shape index (κ3) is 22.3. The molecule has 0 aliphatic rings. The Morgan fingerprint density at radius 3 is 1.04 bits per heavy atom. The first kappa shape index (κ1) is 23.3. The van der Waals surface area contributed by atoms with Gasteiger partial charge in [-0.15, -0.1) is 0 Å². The summed E-state index contributed by atoms with van der Waals surface area (Å²) in [6.45, 7) is 0. The zero-order valence-electron chi connectivity index (χ0n) is 14.8. The Hall–Kier alpha value is 0.260. The Bertz CT molecular complexity index is 329. The lowest BCUT2D eigenvalue weighted by molar-refractivity contribution is 0.478. The van der Waals surface area contributed by atoms with Crippen LogP contribution in [0.5, 0.6) is 0 Å². The van der Waals surface area contributed by atoms with Crippen molar-refractivity contribution in [2.24, 2.45) is 0 Å². The van der Waals surface area contributed by atoms with Gasteiger partial charge >= 0.3 is 0 Å². The van der Waals surface area contributed by atoms with Crippen LogP contribution in [0.2, 0.25) is 0 Å². The Morgan fingerprint density at radius 2 is 0.783 bits per heavy atom. The maximum Gasteiger partial charge on any atom is 0.264 e. The fourth-order valence-electron chi connectivity index (χ4n) is 2.87. The Balaban J connectivity index is 3.03. The van der Waals surface area contributed by atoms with Gasteiger partial charge < -0.3 is 0 Å². The van der Waals surface area contributed by atoms with Gasteiger partial charge in [0.25, 0.3) is 10.1 Å². The molecule has 0 aromatic carbocycles. The van der Waals surface area contributed by atoms with Gasteiger partial charge in [-0.25, -0.2) is 0 Å². The molecule has 0 aliphatic carbocycles. The molecule has 0 saturated heterocycles. The zero-order chi connectivity index (χ0) is 17.2. The van der Waals surface area contributed by atoms with Crippen molar-refractivity contribution in [1.82, 2.24) is 0 Å². The molecular formula is C18H38O3S2. The van der Waals surface area contributed by atoms with Crippen molar-refractivity contribution in [3.05, 3.63) is 0 Å². The third-order valence-electron chi connectivity index (χ3n) is 4.31. The number of unbranched alkanes of at least 4 members (excludes halogenated alkanes) is 15. The van der Waals surface area contributed by atoms with E-state index in [0.29, 0.717) is 6.42 Å². The van der Waals surface area contributed by atoms with E-state index in [-0.39, 0.29) is 5.75 Å². The van der Waals surface area contributed by atoms with Crippen LogP contribution in [0.25, 0.3) is 0 Å². The maximum absolute atomic E-state index is 10.5. The number of hydrogen-bond donors (Lipinski definition) is 2. The first-order valence-electron chi connectivity index (χ1n) is 9.62. The highest BCUT2D eigenvalue weighted by Gasteiger charge is 2.02. The van der Waals surface area contributed by atoms with Crippen molar-refractivity contribution in [3.8, 4) is 0 Å². The molecule has 5 heteroatoms. The summed E-state index contributed by atoms with van der Waals surface area (Å²) in [5.74, 6) is 0.951. The minimum atomic E-state index is -3.75. The smallest absolute Gasteiger partial charge is 0.264 e. The quantitative estimate of drug-likeness (QED) is 0.176. The highest BCUT2D eigenvalue weighted by Crippen LogP contribution is 2.13. The maximum atomic E-state index is 10.5. The van der Waals surface area contributed by atoms with Crippen LogP contribution in [0.1, 0.15) is 103 Å². The van der Waals surface area contributed by atoms with Gasteiger partial charge in [0.1, 0.15) is 0 Å². The summed E-state index contributed by atoms with van der Waals surface area (Å²) < 4.78 is 29.7. The van der Waals surface area contributed by atoms with Gasteiger partial charge in [0.05, 0.1) is 5.75 Å². The molecule has 0 unspecified atom stereocenters. The van der Waals surface area contributed by atoms with Gasteiger partial charge in [-0.05, 0) is 18.6 Å². The fraction of sp³-hybridized carbons (Fsp3) is 1.00. The average Bonchev–Trinajstić information content (AvgIpc) is 2.49. The van der Waals surface area contributed by atoms with Gasteiger partial charge in [0.15, 0.2) is 0 Å². The monoisotopic (exact) mass is 366 g/mol. The van der Waals surface area contributed by atoms with Crippen molar-refractivity contribution in [3.63, 3.8) is 0 Å². The second-order valence-corrected chi connectivity index (χ2v) is 8.69. The number of rotatable bonds is 18. The lowest BCUT2D eigenvalue weighted by atomic mass is 10.0. The van der Waals surface area contributed by atoms with Crippen LogP contribution >= 0.6 is 12.6 Å². The van der Waals surface area contributed by atoms with Gasteiger partial charge in [-0.3, -0.25) is 4.55 Å². The molecule has 0 bridgehead atoms. The largest absolute Gasteiger partial charge is 0.286 e. The zero-order valence-corrected chi connectivity index (χ0v) is 16.6. The van der Waals surface area contributed by atoms with E-state index in [1.807, 2.05) is 0 Å². The normalized spacial score (nSPS) is 11.9. The van der Waals surface area contributed by atoms with Crippen molar-refractivity contribution in [2.75, 3.05) is 11.5 Å². The minimum Gasteiger partial charge on any atom is -0.286 e. The van der Waals surface area contributed by atoms with Crippen molar-refractivity contribution >= 4 is 22.7 Å². The molecular weight excluding hydrogens is 328 g/mol. The van der Waals surface area contributed by atoms with E-state index in [4.69, 9.17) is 4.55 Å². The number of thiol groups is 1. The molecule has 0 aliphatic heterocycles. The predicted molar refractivity (Wildman–Crippen MR) is 104 cm³/mol. The summed E-state index contributed by atoms with van der Waals surface area (Å²) in [5, 5.41) is 0. The summed E-state index contributed by atoms with van der Waals surface area (Å²) in [6, 6.07) is 0. The SMILES string of the molecule is O=S(=O)(O)CCCCCCCCCCCCCCCCCCS. The molecule has 0 aromatic heterocycles. The number of hydrogen-bond acceptors (Lipinski definition) is 3. The van der Waals surface area contributed by atoms with Crippen LogP contribution in [0.3, 0.4) is 0 Å². The van der Waals surface area contributed by atoms with Crippen molar-refractivity contribution in [2.45, 2.75) is 103 Å². The summed E-state index contributed by atoms with van der Waals surface area (Å²) >= 11 is 4.23. The molecule has 0 spiro atoms.